The van der Waals surface area contributed by atoms with E-state index in [9.17, 15) is 9.50 Å². The molecule has 0 radical (unpaired) electrons. The van der Waals surface area contributed by atoms with Crippen molar-refractivity contribution in [3.8, 4) is 5.75 Å². The summed E-state index contributed by atoms with van der Waals surface area (Å²) in [5.74, 6) is 0.700. The molecule has 4 nitrogen and oxygen atoms in total. The summed E-state index contributed by atoms with van der Waals surface area (Å²) in [7, 11) is 0. The first kappa shape index (κ1) is 20.8. The molecule has 1 aliphatic rings. The number of aliphatic hydroxyl groups is 1. The Balaban J connectivity index is 1.57. The molecular weight excluding hydrogens is 355 g/mol. The number of hydrogen-bond donors (Lipinski definition) is 1. The minimum Gasteiger partial charge on any atom is -0.491 e. The number of piperazine rings is 1. The van der Waals surface area contributed by atoms with E-state index in [1.807, 2.05) is 38.1 Å². The summed E-state index contributed by atoms with van der Waals surface area (Å²) in [4.78, 5) is 4.85. The van der Waals surface area contributed by atoms with Crippen molar-refractivity contribution in [3.63, 3.8) is 0 Å². The number of benzene rings is 2. The minimum atomic E-state index is -0.203. The maximum Gasteiger partial charge on any atom is 0.123 e. The quantitative estimate of drug-likeness (QED) is 0.751. The second-order valence-electron chi connectivity index (χ2n) is 7.81. The molecule has 3 rings (SSSR count). The van der Waals surface area contributed by atoms with Crippen LogP contribution in [0.5, 0.6) is 5.75 Å². The number of nitrogens with zero attached hydrogens (tertiary/aromatic N) is 2. The third kappa shape index (κ3) is 6.03. The molecule has 1 heterocycles. The van der Waals surface area contributed by atoms with Crippen LogP contribution in [-0.4, -0.2) is 53.3 Å². The van der Waals surface area contributed by atoms with Gasteiger partial charge in [0.1, 0.15) is 11.6 Å². The molecule has 0 saturated carbocycles. The summed E-state index contributed by atoms with van der Waals surface area (Å²) in [5.41, 5.74) is 2.38. The molecule has 1 atom stereocenters. The van der Waals surface area contributed by atoms with Gasteiger partial charge in [-0.3, -0.25) is 9.80 Å². The molecule has 1 fully saturated rings. The Labute approximate surface area is 167 Å². The Kier molecular flexibility index (Phi) is 7.43. The molecule has 0 aliphatic carbocycles. The maximum atomic E-state index is 13.1. The fourth-order valence-electron chi connectivity index (χ4n) is 3.76. The van der Waals surface area contributed by atoms with Gasteiger partial charge in [0.05, 0.1) is 6.10 Å². The number of aliphatic hydroxyl groups excluding tert-OH is 1. The largest absolute Gasteiger partial charge is 0.491 e. The predicted octanol–water partition coefficient (Wildman–Crippen LogP) is 3.68. The van der Waals surface area contributed by atoms with Gasteiger partial charge in [0.15, 0.2) is 0 Å². The van der Waals surface area contributed by atoms with Crippen molar-refractivity contribution in [2.24, 2.45) is 0 Å². The van der Waals surface area contributed by atoms with Gasteiger partial charge in [-0.05, 0) is 55.7 Å². The molecule has 5 heteroatoms. The Morgan fingerprint density at radius 2 is 1.64 bits per heavy atom. The highest BCUT2D eigenvalue weighted by molar-refractivity contribution is 5.27. The summed E-state index contributed by atoms with van der Waals surface area (Å²) in [6.45, 7) is 8.77. The van der Waals surface area contributed by atoms with E-state index in [0.29, 0.717) is 6.04 Å². The van der Waals surface area contributed by atoms with Crippen LogP contribution in [0.1, 0.15) is 31.4 Å². The summed E-state index contributed by atoms with van der Waals surface area (Å²) < 4.78 is 18.9. The van der Waals surface area contributed by atoms with Crippen molar-refractivity contribution in [3.05, 3.63) is 65.5 Å². The summed E-state index contributed by atoms with van der Waals surface area (Å²) in [6.07, 6.45) is 0.929. The van der Waals surface area contributed by atoms with Crippen molar-refractivity contribution in [1.82, 2.24) is 9.80 Å². The lowest BCUT2D eigenvalue weighted by molar-refractivity contribution is 0.0499. The van der Waals surface area contributed by atoms with Crippen LogP contribution in [0, 0.1) is 5.82 Å². The average molecular weight is 387 g/mol. The van der Waals surface area contributed by atoms with Gasteiger partial charge in [0.25, 0.3) is 0 Å². The number of halogens is 1. The molecule has 0 aromatic heterocycles. The molecule has 1 saturated heterocycles. The highest BCUT2D eigenvalue weighted by atomic mass is 19.1. The second-order valence-corrected chi connectivity index (χ2v) is 7.81. The third-order valence-electron chi connectivity index (χ3n) is 5.15. The zero-order valence-electron chi connectivity index (χ0n) is 16.9. The topological polar surface area (TPSA) is 35.9 Å². The molecule has 2 aromatic rings. The molecule has 0 spiro atoms. The number of rotatable bonds is 8. The first-order valence-electron chi connectivity index (χ1n) is 10.1. The van der Waals surface area contributed by atoms with E-state index in [1.165, 1.54) is 17.7 Å². The zero-order valence-corrected chi connectivity index (χ0v) is 16.9. The molecule has 0 amide bonds. The molecule has 152 valence electrons. The SMILES string of the molecule is CC(C)Oc1ccc(CN2CCN(Cc3ccc(F)cc3)[C@@H](CCO)C2)cc1. The van der Waals surface area contributed by atoms with Gasteiger partial charge in [0.2, 0.25) is 0 Å². The normalized spacial score (nSPS) is 18.5. The molecular formula is C23H31FN2O2. The van der Waals surface area contributed by atoms with Crippen LogP contribution in [0.3, 0.4) is 0 Å². The highest BCUT2D eigenvalue weighted by Crippen LogP contribution is 2.20. The van der Waals surface area contributed by atoms with Gasteiger partial charge < -0.3 is 9.84 Å². The van der Waals surface area contributed by atoms with Crippen LogP contribution in [0.4, 0.5) is 4.39 Å². The van der Waals surface area contributed by atoms with Crippen molar-refractivity contribution in [2.45, 2.75) is 45.5 Å². The lowest BCUT2D eigenvalue weighted by atomic mass is 10.1. The van der Waals surface area contributed by atoms with E-state index in [0.717, 1.165) is 50.5 Å². The molecule has 2 aromatic carbocycles. The first-order valence-corrected chi connectivity index (χ1v) is 10.1. The van der Waals surface area contributed by atoms with E-state index in [4.69, 9.17) is 4.74 Å². The summed E-state index contributed by atoms with van der Waals surface area (Å²) in [6, 6.07) is 15.3. The van der Waals surface area contributed by atoms with Gasteiger partial charge in [0, 0.05) is 45.4 Å². The lowest BCUT2D eigenvalue weighted by Crippen LogP contribution is -2.52. The van der Waals surface area contributed by atoms with Gasteiger partial charge in [-0.2, -0.15) is 0 Å². The van der Waals surface area contributed by atoms with E-state index in [2.05, 4.69) is 21.9 Å². The molecule has 1 N–H and O–H groups in total. The van der Waals surface area contributed by atoms with Gasteiger partial charge >= 0.3 is 0 Å². The Morgan fingerprint density at radius 1 is 1.00 bits per heavy atom. The number of ether oxygens (including phenoxy) is 1. The Morgan fingerprint density at radius 3 is 2.29 bits per heavy atom. The third-order valence-corrected chi connectivity index (χ3v) is 5.15. The lowest BCUT2D eigenvalue weighted by Gasteiger charge is -2.41. The van der Waals surface area contributed by atoms with Crippen LogP contribution in [0.25, 0.3) is 0 Å². The summed E-state index contributed by atoms with van der Waals surface area (Å²) in [5, 5.41) is 9.51. The fraction of sp³-hybridized carbons (Fsp3) is 0.478. The van der Waals surface area contributed by atoms with Gasteiger partial charge in [-0.15, -0.1) is 0 Å². The van der Waals surface area contributed by atoms with Crippen LogP contribution < -0.4 is 4.74 Å². The van der Waals surface area contributed by atoms with Crippen molar-refractivity contribution < 1.29 is 14.2 Å². The molecule has 28 heavy (non-hydrogen) atoms. The zero-order chi connectivity index (χ0) is 19.9. The fourth-order valence-corrected chi connectivity index (χ4v) is 3.76. The summed E-state index contributed by atoms with van der Waals surface area (Å²) >= 11 is 0. The standard InChI is InChI=1S/C23H31FN2O2/c1-18(2)28-23-9-5-19(6-10-23)15-25-12-13-26(22(17-25)11-14-27)16-20-3-7-21(24)8-4-20/h3-10,18,22,27H,11-17H2,1-2H3/t22-/m0/s1. The molecule has 0 unspecified atom stereocenters. The smallest absolute Gasteiger partial charge is 0.123 e. The average Bonchev–Trinajstić information content (AvgIpc) is 2.67. The van der Waals surface area contributed by atoms with Gasteiger partial charge in [-0.25, -0.2) is 4.39 Å². The van der Waals surface area contributed by atoms with Crippen molar-refractivity contribution >= 4 is 0 Å². The first-order chi connectivity index (χ1) is 13.5. The van der Waals surface area contributed by atoms with Gasteiger partial charge in [-0.1, -0.05) is 24.3 Å². The van der Waals surface area contributed by atoms with E-state index in [-0.39, 0.29) is 18.5 Å². The van der Waals surface area contributed by atoms with Crippen molar-refractivity contribution in [1.29, 1.82) is 0 Å². The number of hydrogen-bond acceptors (Lipinski definition) is 4. The van der Waals surface area contributed by atoms with Crippen LogP contribution in [-0.2, 0) is 13.1 Å². The van der Waals surface area contributed by atoms with Crippen LogP contribution >= 0.6 is 0 Å². The van der Waals surface area contributed by atoms with Crippen LogP contribution in [0.15, 0.2) is 48.5 Å². The predicted molar refractivity (Wildman–Crippen MR) is 110 cm³/mol. The monoisotopic (exact) mass is 386 g/mol. The Hall–Kier alpha value is -1.95. The Bertz CT molecular complexity index is 718. The molecule has 0 bridgehead atoms. The highest BCUT2D eigenvalue weighted by Gasteiger charge is 2.26. The van der Waals surface area contributed by atoms with E-state index < -0.39 is 0 Å². The van der Waals surface area contributed by atoms with E-state index >= 15 is 0 Å². The maximum absolute atomic E-state index is 13.1. The van der Waals surface area contributed by atoms with E-state index in [1.54, 1.807) is 0 Å². The van der Waals surface area contributed by atoms with Crippen molar-refractivity contribution in [2.75, 3.05) is 26.2 Å². The molecule has 1 aliphatic heterocycles. The van der Waals surface area contributed by atoms with Crippen LogP contribution in [0.2, 0.25) is 0 Å². The minimum absolute atomic E-state index is 0.180. The second kappa shape index (κ2) is 10.0.